The Labute approximate surface area is 208 Å². The van der Waals surface area contributed by atoms with Crippen molar-refractivity contribution in [3.63, 3.8) is 0 Å². The number of hydrogen-bond acceptors (Lipinski definition) is 7. The number of nitrogens with one attached hydrogen (secondary N) is 2. The fourth-order valence-corrected chi connectivity index (χ4v) is 4.16. The van der Waals surface area contributed by atoms with Gasteiger partial charge in [-0.2, -0.15) is 0 Å². The Hall–Kier alpha value is -4.37. The maximum absolute atomic E-state index is 15.0. The van der Waals surface area contributed by atoms with Gasteiger partial charge in [-0.05, 0) is 61.7 Å². The number of carbonyl (C=O) groups is 1. The van der Waals surface area contributed by atoms with Gasteiger partial charge in [-0.25, -0.2) is 14.4 Å². The number of likely N-dealkylation sites (N-methyl/N-ethyl adjacent to an activating group) is 1. The molecule has 0 bridgehead atoms. The summed E-state index contributed by atoms with van der Waals surface area (Å²) in [5, 5.41) is 6.56. The molecule has 182 valence electrons. The van der Waals surface area contributed by atoms with Gasteiger partial charge in [0.2, 0.25) is 11.9 Å². The van der Waals surface area contributed by atoms with E-state index in [1.165, 1.54) is 24.0 Å². The number of carbonyl (C=O) groups excluding carboxylic acids is 1. The highest BCUT2D eigenvalue weighted by molar-refractivity contribution is 6.00. The predicted octanol–water partition coefficient (Wildman–Crippen LogP) is 4.45. The standard InChI is InChI=1S/C27H26FN7O/c1-3-24(36)31-20-10-11-29-23(16-20)25-22(28)9-4-18-17-30-27(33-26(18)25)32-19-5-7-21(8-6-19)35-14-12-34(2)13-15-35/h3-11,16-17H,1,12-15H2,2H3,(H,29,31,36)(H,30,32,33). The predicted molar refractivity (Wildman–Crippen MR) is 141 cm³/mol. The normalized spacial score (nSPS) is 14.0. The van der Waals surface area contributed by atoms with Crippen molar-refractivity contribution in [1.82, 2.24) is 19.9 Å². The largest absolute Gasteiger partial charge is 0.369 e. The quantitative estimate of drug-likeness (QED) is 0.392. The van der Waals surface area contributed by atoms with Crippen molar-refractivity contribution in [3.05, 3.63) is 79.4 Å². The molecule has 3 heterocycles. The molecule has 0 aliphatic carbocycles. The van der Waals surface area contributed by atoms with E-state index in [1.807, 2.05) is 12.1 Å². The topological polar surface area (TPSA) is 86.3 Å². The Morgan fingerprint density at radius 2 is 1.81 bits per heavy atom. The van der Waals surface area contributed by atoms with Crippen LogP contribution in [-0.2, 0) is 4.79 Å². The van der Waals surface area contributed by atoms with Crippen molar-refractivity contribution < 1.29 is 9.18 Å². The number of pyridine rings is 1. The summed E-state index contributed by atoms with van der Waals surface area (Å²) in [6, 6.07) is 14.4. The van der Waals surface area contributed by atoms with Crippen LogP contribution in [0.25, 0.3) is 22.2 Å². The first-order valence-corrected chi connectivity index (χ1v) is 11.7. The number of fused-ring (bicyclic) bond motifs is 1. The van der Waals surface area contributed by atoms with Gasteiger partial charge in [0.1, 0.15) is 5.82 Å². The Kier molecular flexibility index (Phi) is 6.55. The van der Waals surface area contributed by atoms with Crippen molar-refractivity contribution in [2.45, 2.75) is 0 Å². The van der Waals surface area contributed by atoms with Gasteiger partial charge in [0.15, 0.2) is 0 Å². The number of anilines is 4. The van der Waals surface area contributed by atoms with Crippen LogP contribution in [0, 0.1) is 5.82 Å². The zero-order chi connectivity index (χ0) is 25.1. The molecule has 36 heavy (non-hydrogen) atoms. The minimum absolute atomic E-state index is 0.234. The summed E-state index contributed by atoms with van der Waals surface area (Å²) < 4.78 is 15.0. The molecule has 0 radical (unpaired) electrons. The minimum atomic E-state index is -0.469. The first-order chi connectivity index (χ1) is 17.5. The number of halogens is 1. The van der Waals surface area contributed by atoms with Gasteiger partial charge in [-0.1, -0.05) is 6.58 Å². The smallest absolute Gasteiger partial charge is 0.247 e. The van der Waals surface area contributed by atoms with E-state index in [4.69, 9.17) is 0 Å². The van der Waals surface area contributed by atoms with E-state index in [-0.39, 0.29) is 11.5 Å². The number of hydrogen-bond donors (Lipinski definition) is 2. The van der Waals surface area contributed by atoms with Crippen LogP contribution in [0.3, 0.4) is 0 Å². The number of amides is 1. The number of aromatic nitrogens is 3. The lowest BCUT2D eigenvalue weighted by Crippen LogP contribution is -2.44. The molecule has 0 atom stereocenters. The molecule has 5 rings (SSSR count). The second-order valence-electron chi connectivity index (χ2n) is 8.64. The van der Waals surface area contributed by atoms with E-state index in [0.29, 0.717) is 28.2 Å². The second-order valence-corrected chi connectivity index (χ2v) is 8.64. The Bertz CT molecular complexity index is 1420. The minimum Gasteiger partial charge on any atom is -0.369 e. The molecule has 2 aromatic carbocycles. The van der Waals surface area contributed by atoms with Crippen molar-refractivity contribution >= 4 is 39.8 Å². The lowest BCUT2D eigenvalue weighted by molar-refractivity contribution is -0.111. The molecule has 4 aromatic rings. The Morgan fingerprint density at radius 3 is 2.56 bits per heavy atom. The highest BCUT2D eigenvalue weighted by Crippen LogP contribution is 2.31. The molecule has 0 spiro atoms. The van der Waals surface area contributed by atoms with E-state index >= 15 is 4.39 Å². The lowest BCUT2D eigenvalue weighted by Gasteiger charge is -2.34. The molecule has 1 aliphatic rings. The van der Waals surface area contributed by atoms with Crippen molar-refractivity contribution in [1.29, 1.82) is 0 Å². The SMILES string of the molecule is C=CC(=O)Nc1ccnc(-c2c(F)ccc3cnc(Nc4ccc(N5CCN(C)CC5)cc4)nc23)c1. The van der Waals surface area contributed by atoms with Crippen molar-refractivity contribution in [2.24, 2.45) is 0 Å². The highest BCUT2D eigenvalue weighted by Gasteiger charge is 2.16. The van der Waals surface area contributed by atoms with E-state index < -0.39 is 5.82 Å². The van der Waals surface area contributed by atoms with Gasteiger partial charge in [0.05, 0.1) is 16.8 Å². The molecule has 2 aromatic heterocycles. The summed E-state index contributed by atoms with van der Waals surface area (Å²) >= 11 is 0. The lowest BCUT2D eigenvalue weighted by atomic mass is 10.1. The number of piperazine rings is 1. The zero-order valence-corrected chi connectivity index (χ0v) is 19.9. The van der Waals surface area contributed by atoms with Gasteiger partial charge in [0.25, 0.3) is 0 Å². The second kappa shape index (κ2) is 10.1. The third kappa shape index (κ3) is 5.01. The molecular formula is C27H26FN7O. The zero-order valence-electron chi connectivity index (χ0n) is 19.9. The van der Waals surface area contributed by atoms with Crippen LogP contribution in [0.5, 0.6) is 0 Å². The molecule has 8 nitrogen and oxygen atoms in total. The molecule has 2 N–H and O–H groups in total. The summed E-state index contributed by atoms with van der Waals surface area (Å²) in [7, 11) is 2.14. The summed E-state index contributed by atoms with van der Waals surface area (Å²) in [6.07, 6.45) is 4.32. The number of rotatable bonds is 6. The summed E-state index contributed by atoms with van der Waals surface area (Å²) in [5.74, 6) is -0.487. The van der Waals surface area contributed by atoms with Crippen LogP contribution in [0.2, 0.25) is 0 Å². The first-order valence-electron chi connectivity index (χ1n) is 11.7. The maximum Gasteiger partial charge on any atom is 0.247 e. The molecule has 1 amide bonds. The summed E-state index contributed by atoms with van der Waals surface area (Å²) in [4.78, 5) is 29.7. The highest BCUT2D eigenvalue weighted by atomic mass is 19.1. The van der Waals surface area contributed by atoms with Crippen LogP contribution >= 0.6 is 0 Å². The average Bonchev–Trinajstić information content (AvgIpc) is 2.89. The van der Waals surface area contributed by atoms with E-state index in [2.05, 4.69) is 61.1 Å². The molecule has 1 aliphatic heterocycles. The number of benzene rings is 2. The molecule has 0 unspecified atom stereocenters. The first kappa shape index (κ1) is 23.4. The van der Waals surface area contributed by atoms with Crippen LogP contribution in [0.1, 0.15) is 0 Å². The van der Waals surface area contributed by atoms with Crippen LogP contribution < -0.4 is 15.5 Å². The fourth-order valence-electron chi connectivity index (χ4n) is 4.16. The molecule has 1 saturated heterocycles. The van der Waals surface area contributed by atoms with Crippen LogP contribution in [-0.4, -0.2) is 59.0 Å². The Morgan fingerprint density at radius 1 is 1.03 bits per heavy atom. The summed E-state index contributed by atoms with van der Waals surface area (Å²) in [5.41, 5.74) is 3.49. The van der Waals surface area contributed by atoms with E-state index in [9.17, 15) is 4.79 Å². The molecule has 9 heteroatoms. The van der Waals surface area contributed by atoms with Gasteiger partial charge in [-0.3, -0.25) is 9.78 Å². The van der Waals surface area contributed by atoms with Crippen LogP contribution in [0.4, 0.5) is 27.4 Å². The third-order valence-electron chi connectivity index (χ3n) is 6.16. The maximum atomic E-state index is 15.0. The Balaban J connectivity index is 1.43. The van der Waals surface area contributed by atoms with Crippen LogP contribution in [0.15, 0.2) is 73.6 Å². The fraction of sp³-hybridized carbons (Fsp3) is 0.185. The van der Waals surface area contributed by atoms with Crippen molar-refractivity contribution in [2.75, 3.05) is 48.8 Å². The third-order valence-corrected chi connectivity index (χ3v) is 6.16. The van der Waals surface area contributed by atoms with Gasteiger partial charge in [-0.15, -0.1) is 0 Å². The van der Waals surface area contributed by atoms with Crippen molar-refractivity contribution in [3.8, 4) is 11.3 Å². The van der Waals surface area contributed by atoms with E-state index in [1.54, 1.807) is 24.4 Å². The molecule has 1 fully saturated rings. The monoisotopic (exact) mass is 483 g/mol. The molecule has 0 saturated carbocycles. The molecular weight excluding hydrogens is 457 g/mol. The van der Waals surface area contributed by atoms with Gasteiger partial charge < -0.3 is 20.4 Å². The van der Waals surface area contributed by atoms with Gasteiger partial charge in [0, 0.05) is 61.0 Å². The number of nitrogens with zero attached hydrogens (tertiary/aromatic N) is 5. The average molecular weight is 484 g/mol. The van der Waals surface area contributed by atoms with E-state index in [0.717, 1.165) is 31.9 Å². The summed E-state index contributed by atoms with van der Waals surface area (Å²) in [6.45, 7) is 7.54. The van der Waals surface area contributed by atoms with Gasteiger partial charge >= 0.3 is 0 Å².